The molecule has 1 saturated carbocycles. The van der Waals surface area contributed by atoms with Crippen molar-refractivity contribution < 1.29 is 14.3 Å². The molecule has 102 valence electrons. The van der Waals surface area contributed by atoms with E-state index in [2.05, 4.69) is 28.7 Å². The molecule has 0 bridgehead atoms. The third-order valence-corrected chi connectivity index (χ3v) is 4.68. The van der Waals surface area contributed by atoms with Gasteiger partial charge in [-0.05, 0) is 53.6 Å². The Hall–Kier alpha value is -0.590. The lowest BCUT2D eigenvalue weighted by Gasteiger charge is -2.08. The molecule has 1 aromatic carbocycles. The van der Waals surface area contributed by atoms with E-state index in [1.165, 1.54) is 32.8 Å². The maximum Gasteiger partial charge on any atom is 0.180 e. The van der Waals surface area contributed by atoms with Crippen molar-refractivity contribution >= 4 is 33.6 Å². The van der Waals surface area contributed by atoms with E-state index in [4.69, 9.17) is 9.15 Å². The van der Waals surface area contributed by atoms with Crippen LogP contribution in [0, 0.1) is 3.57 Å². The average Bonchev–Trinajstić information content (AvgIpc) is 3.05. The van der Waals surface area contributed by atoms with Crippen molar-refractivity contribution in [3.05, 3.63) is 33.1 Å². The van der Waals surface area contributed by atoms with Gasteiger partial charge in [0.15, 0.2) is 6.29 Å². The van der Waals surface area contributed by atoms with Gasteiger partial charge in [0.05, 0.1) is 3.57 Å². The normalized spacial score (nSPS) is 18.3. The summed E-state index contributed by atoms with van der Waals surface area (Å²) in [7, 11) is 1.50. The van der Waals surface area contributed by atoms with Gasteiger partial charge in [-0.2, -0.15) is 0 Å². The van der Waals surface area contributed by atoms with Gasteiger partial charge in [-0.25, -0.2) is 0 Å². The highest BCUT2D eigenvalue weighted by atomic mass is 127. The molecule has 19 heavy (non-hydrogen) atoms. The van der Waals surface area contributed by atoms with Gasteiger partial charge < -0.3 is 14.3 Å². The number of fused-ring (bicyclic) bond motifs is 1. The number of halogens is 1. The molecule has 0 aliphatic heterocycles. The minimum absolute atomic E-state index is 0.569. The van der Waals surface area contributed by atoms with E-state index in [9.17, 15) is 5.11 Å². The smallest absolute Gasteiger partial charge is 0.180 e. The fourth-order valence-corrected chi connectivity index (χ4v) is 3.62. The van der Waals surface area contributed by atoms with Crippen molar-refractivity contribution in [3.63, 3.8) is 0 Å². The Morgan fingerprint density at radius 3 is 2.74 bits per heavy atom. The molecular formula is C15H17IO3. The minimum Gasteiger partial charge on any atom is -0.460 e. The average molecular weight is 372 g/mol. The van der Waals surface area contributed by atoms with Gasteiger partial charge in [-0.3, -0.25) is 0 Å². The first kappa shape index (κ1) is 13.4. The number of rotatable bonds is 3. The monoisotopic (exact) mass is 372 g/mol. The second-order valence-electron chi connectivity index (χ2n) is 5.14. The molecule has 0 spiro atoms. The molecule has 1 heterocycles. The first-order valence-corrected chi connectivity index (χ1v) is 7.70. The summed E-state index contributed by atoms with van der Waals surface area (Å²) in [5, 5.41) is 10.8. The zero-order chi connectivity index (χ0) is 13.4. The lowest BCUT2D eigenvalue weighted by Crippen LogP contribution is -1.99. The molecule has 1 fully saturated rings. The van der Waals surface area contributed by atoms with Gasteiger partial charge in [0.2, 0.25) is 0 Å². The molecule has 2 aromatic rings. The van der Waals surface area contributed by atoms with Crippen LogP contribution in [-0.2, 0) is 4.74 Å². The van der Waals surface area contributed by atoms with Crippen molar-refractivity contribution in [2.45, 2.75) is 37.9 Å². The molecule has 3 rings (SSSR count). The molecule has 0 saturated heterocycles. The number of ether oxygens (including phenoxy) is 1. The van der Waals surface area contributed by atoms with Crippen molar-refractivity contribution in [1.29, 1.82) is 0 Å². The molecule has 4 heteroatoms. The summed E-state index contributed by atoms with van der Waals surface area (Å²) >= 11 is 2.25. The van der Waals surface area contributed by atoms with Crippen LogP contribution in [0.5, 0.6) is 0 Å². The molecule has 0 radical (unpaired) electrons. The lowest BCUT2D eigenvalue weighted by molar-refractivity contribution is -0.0768. The van der Waals surface area contributed by atoms with Crippen molar-refractivity contribution in [2.24, 2.45) is 0 Å². The highest BCUT2D eigenvalue weighted by Gasteiger charge is 2.22. The minimum atomic E-state index is -0.872. The van der Waals surface area contributed by atoms with Crippen LogP contribution in [-0.4, -0.2) is 12.2 Å². The fraction of sp³-hybridized carbons (Fsp3) is 0.467. The quantitative estimate of drug-likeness (QED) is 0.644. The number of furan rings is 1. The number of aliphatic hydroxyl groups is 1. The van der Waals surface area contributed by atoms with Crippen LogP contribution in [0.25, 0.3) is 11.0 Å². The van der Waals surface area contributed by atoms with E-state index in [1.54, 1.807) is 0 Å². The van der Waals surface area contributed by atoms with Crippen LogP contribution in [0.4, 0.5) is 0 Å². The van der Waals surface area contributed by atoms with E-state index in [0.717, 1.165) is 25.9 Å². The third-order valence-electron chi connectivity index (χ3n) is 3.88. The highest BCUT2D eigenvalue weighted by Crippen LogP contribution is 2.38. The zero-order valence-corrected chi connectivity index (χ0v) is 13.0. The molecule has 1 aliphatic rings. The highest BCUT2D eigenvalue weighted by molar-refractivity contribution is 14.1. The second-order valence-corrected chi connectivity index (χ2v) is 6.30. The van der Waals surface area contributed by atoms with E-state index >= 15 is 0 Å². The number of methoxy groups -OCH3 is 1. The van der Waals surface area contributed by atoms with E-state index < -0.39 is 6.29 Å². The molecule has 1 unspecified atom stereocenters. The maximum absolute atomic E-state index is 9.78. The van der Waals surface area contributed by atoms with E-state index in [1.807, 2.05) is 12.1 Å². The summed E-state index contributed by atoms with van der Waals surface area (Å²) in [4.78, 5) is 0. The Labute approximate surface area is 126 Å². The molecule has 1 aromatic heterocycles. The van der Waals surface area contributed by atoms with Crippen molar-refractivity contribution in [2.75, 3.05) is 7.11 Å². The molecular weight excluding hydrogens is 355 g/mol. The van der Waals surface area contributed by atoms with Gasteiger partial charge in [0, 0.05) is 24.0 Å². The number of aliphatic hydroxyl groups excluding tert-OH is 1. The topological polar surface area (TPSA) is 42.6 Å². The summed E-state index contributed by atoms with van der Waals surface area (Å²) < 4.78 is 12.0. The van der Waals surface area contributed by atoms with Crippen molar-refractivity contribution in [1.82, 2.24) is 0 Å². The number of benzene rings is 1. The predicted molar refractivity (Wildman–Crippen MR) is 82.1 cm³/mol. The van der Waals surface area contributed by atoms with Crippen LogP contribution in [0.2, 0.25) is 0 Å². The second kappa shape index (κ2) is 5.42. The summed E-state index contributed by atoms with van der Waals surface area (Å²) in [6.07, 6.45) is 4.18. The van der Waals surface area contributed by atoms with Gasteiger partial charge in [-0.15, -0.1) is 0 Å². The Morgan fingerprint density at radius 1 is 1.32 bits per heavy atom. The van der Waals surface area contributed by atoms with Crippen LogP contribution < -0.4 is 0 Å². The summed E-state index contributed by atoms with van der Waals surface area (Å²) in [5.74, 6) is 1.66. The molecule has 1 atom stereocenters. The fourth-order valence-electron chi connectivity index (χ4n) is 2.84. The van der Waals surface area contributed by atoms with Gasteiger partial charge in [-0.1, -0.05) is 12.8 Å². The van der Waals surface area contributed by atoms with Crippen LogP contribution >= 0.6 is 22.6 Å². The van der Waals surface area contributed by atoms with Gasteiger partial charge >= 0.3 is 0 Å². The SMILES string of the molecule is COC(O)c1cc(I)c2oc(C3CCCC3)cc2c1. The van der Waals surface area contributed by atoms with E-state index in [0.29, 0.717) is 5.92 Å². The summed E-state index contributed by atoms with van der Waals surface area (Å²) in [6, 6.07) is 5.99. The van der Waals surface area contributed by atoms with Gasteiger partial charge in [0.25, 0.3) is 0 Å². The summed E-state index contributed by atoms with van der Waals surface area (Å²) in [6.45, 7) is 0. The lowest BCUT2D eigenvalue weighted by atomic mass is 10.0. The largest absolute Gasteiger partial charge is 0.460 e. The Morgan fingerprint density at radius 2 is 2.05 bits per heavy atom. The molecule has 1 aliphatic carbocycles. The molecule has 1 N–H and O–H groups in total. The molecule has 0 amide bonds. The third kappa shape index (κ3) is 2.53. The van der Waals surface area contributed by atoms with Crippen LogP contribution in [0.3, 0.4) is 0 Å². The Bertz CT molecular complexity index is 584. The zero-order valence-electron chi connectivity index (χ0n) is 10.9. The number of hydrogen-bond acceptors (Lipinski definition) is 3. The maximum atomic E-state index is 9.78. The first-order chi connectivity index (χ1) is 9.19. The predicted octanol–water partition coefficient (Wildman–Crippen LogP) is 4.33. The van der Waals surface area contributed by atoms with Crippen LogP contribution in [0.1, 0.15) is 49.2 Å². The Balaban J connectivity index is 2.04. The number of hydrogen-bond donors (Lipinski definition) is 1. The molecule has 3 nitrogen and oxygen atoms in total. The van der Waals surface area contributed by atoms with E-state index in [-0.39, 0.29) is 0 Å². The first-order valence-electron chi connectivity index (χ1n) is 6.63. The standard InChI is InChI=1S/C15H17IO3/c1-18-15(17)11-6-10-8-13(9-4-2-3-5-9)19-14(10)12(16)7-11/h6-9,15,17H,2-5H2,1H3. The van der Waals surface area contributed by atoms with Crippen molar-refractivity contribution in [3.8, 4) is 0 Å². The van der Waals surface area contributed by atoms with Gasteiger partial charge in [0.1, 0.15) is 11.3 Å². The Kier molecular flexibility index (Phi) is 3.82. The summed E-state index contributed by atoms with van der Waals surface area (Å²) in [5.41, 5.74) is 1.70. The van der Waals surface area contributed by atoms with Crippen LogP contribution in [0.15, 0.2) is 22.6 Å².